The normalized spacial score (nSPS) is 13.1. The molecule has 0 fully saturated rings. The van der Waals surface area contributed by atoms with E-state index in [9.17, 15) is 4.39 Å². The lowest BCUT2D eigenvalue weighted by Gasteiger charge is -1.98. The highest BCUT2D eigenvalue weighted by Gasteiger charge is 1.97. The number of nitrogens with zero attached hydrogens (tertiary/aromatic N) is 3. The second-order valence-electron chi connectivity index (χ2n) is 2.57. The van der Waals surface area contributed by atoms with Crippen molar-refractivity contribution >= 4 is 35.0 Å². The Kier molecular flexibility index (Phi) is 3.99. The van der Waals surface area contributed by atoms with Crippen LogP contribution in [0.15, 0.2) is 35.4 Å². The third kappa shape index (κ3) is 3.06. The summed E-state index contributed by atoms with van der Waals surface area (Å²) in [7, 11) is 0. The molecule has 14 heavy (non-hydrogen) atoms. The molecule has 74 valence electrons. The van der Waals surface area contributed by atoms with Crippen molar-refractivity contribution in [2.45, 2.75) is 6.92 Å². The van der Waals surface area contributed by atoms with Gasteiger partial charge in [0.05, 0.1) is 6.20 Å². The average molecular weight is 305 g/mol. The molecule has 3 nitrogen and oxygen atoms in total. The van der Waals surface area contributed by atoms with Gasteiger partial charge in [-0.1, -0.05) is 0 Å². The van der Waals surface area contributed by atoms with Crippen LogP contribution in [0.4, 0.5) is 4.39 Å². The quantitative estimate of drug-likeness (QED) is 0.480. The fourth-order valence-electron chi connectivity index (χ4n) is 0.888. The van der Waals surface area contributed by atoms with Crippen LogP contribution in [-0.2, 0) is 0 Å². The summed E-state index contributed by atoms with van der Waals surface area (Å²) in [5.74, 6) is -0.442. The summed E-state index contributed by atoms with van der Waals surface area (Å²) in [6, 6.07) is 1.84. The zero-order valence-corrected chi connectivity index (χ0v) is 9.77. The van der Waals surface area contributed by atoms with Crippen molar-refractivity contribution in [1.82, 2.24) is 9.78 Å². The molecule has 0 radical (unpaired) electrons. The summed E-state index contributed by atoms with van der Waals surface area (Å²) in [6.07, 6.45) is 4.16. The van der Waals surface area contributed by atoms with Crippen LogP contribution in [0.25, 0.3) is 5.70 Å². The molecule has 0 bridgehead atoms. The van der Waals surface area contributed by atoms with Gasteiger partial charge in [-0.3, -0.25) is 4.99 Å². The predicted molar refractivity (Wildman–Crippen MR) is 63.6 cm³/mol. The number of allylic oxidation sites excluding steroid dienone is 3. The Labute approximate surface area is 95.2 Å². The van der Waals surface area contributed by atoms with Crippen molar-refractivity contribution in [3.05, 3.63) is 34.1 Å². The zero-order chi connectivity index (χ0) is 10.6. The first-order chi connectivity index (χ1) is 6.63. The smallest absolute Gasteiger partial charge is 0.143 e. The largest absolute Gasteiger partial charge is 0.269 e. The van der Waals surface area contributed by atoms with Crippen LogP contribution < -0.4 is 0 Å². The van der Waals surface area contributed by atoms with Gasteiger partial charge in [-0.15, -0.1) is 0 Å². The van der Waals surface area contributed by atoms with E-state index in [1.807, 2.05) is 6.07 Å². The van der Waals surface area contributed by atoms with E-state index in [4.69, 9.17) is 0 Å². The molecule has 0 atom stereocenters. The molecule has 0 aliphatic rings. The molecule has 0 aliphatic carbocycles. The number of aliphatic imine (C=N–C) groups is 1. The van der Waals surface area contributed by atoms with Gasteiger partial charge in [-0.25, -0.2) is 9.07 Å². The van der Waals surface area contributed by atoms with E-state index < -0.39 is 5.83 Å². The van der Waals surface area contributed by atoms with Crippen LogP contribution in [0.3, 0.4) is 0 Å². The second-order valence-corrected chi connectivity index (χ2v) is 3.67. The third-order valence-electron chi connectivity index (χ3n) is 1.48. The fourth-order valence-corrected chi connectivity index (χ4v) is 1.28. The van der Waals surface area contributed by atoms with E-state index in [1.54, 1.807) is 17.8 Å². The predicted octanol–water partition coefficient (Wildman–Crippen LogP) is 2.86. The number of rotatable bonds is 3. The van der Waals surface area contributed by atoms with Crippen molar-refractivity contribution in [3.8, 4) is 0 Å². The summed E-state index contributed by atoms with van der Waals surface area (Å²) >= 11 is 2.09. The first kappa shape index (κ1) is 11.1. The van der Waals surface area contributed by atoms with Crippen molar-refractivity contribution in [2.75, 3.05) is 0 Å². The zero-order valence-electron chi connectivity index (χ0n) is 7.61. The number of aromatic nitrogens is 2. The standard InChI is InChI=1S/C9H9FIN3/c1-7(5-8(10)6-12-2)14-4-3-9(11)13-14/h3-6H,2H2,1H3/b7-5+,8-6+. The van der Waals surface area contributed by atoms with Crippen LogP contribution in [0, 0.1) is 3.70 Å². The van der Waals surface area contributed by atoms with Gasteiger partial charge in [0, 0.05) is 11.9 Å². The molecule has 1 aromatic heterocycles. The van der Waals surface area contributed by atoms with Crippen molar-refractivity contribution in [2.24, 2.45) is 4.99 Å². The Balaban J connectivity index is 2.89. The first-order valence-electron chi connectivity index (χ1n) is 3.85. The maximum absolute atomic E-state index is 13.0. The molecule has 0 saturated carbocycles. The molecule has 0 unspecified atom stereocenters. The average Bonchev–Trinajstić information content (AvgIpc) is 2.52. The van der Waals surface area contributed by atoms with E-state index in [-0.39, 0.29) is 0 Å². The van der Waals surface area contributed by atoms with Crippen LogP contribution >= 0.6 is 22.6 Å². The van der Waals surface area contributed by atoms with E-state index in [0.29, 0.717) is 5.70 Å². The fraction of sp³-hybridized carbons (Fsp3) is 0.111. The van der Waals surface area contributed by atoms with Gasteiger partial charge >= 0.3 is 0 Å². The summed E-state index contributed by atoms with van der Waals surface area (Å²) < 4.78 is 15.4. The van der Waals surface area contributed by atoms with Gasteiger partial charge in [-0.05, 0) is 48.4 Å². The topological polar surface area (TPSA) is 30.2 Å². The van der Waals surface area contributed by atoms with Crippen molar-refractivity contribution in [3.63, 3.8) is 0 Å². The van der Waals surface area contributed by atoms with E-state index in [0.717, 1.165) is 9.90 Å². The SMILES string of the molecule is C=N/C=C(F)\C=C(/C)n1ccc(I)n1. The van der Waals surface area contributed by atoms with Crippen molar-refractivity contribution < 1.29 is 4.39 Å². The second kappa shape index (κ2) is 5.04. The van der Waals surface area contributed by atoms with Crippen LogP contribution in [-0.4, -0.2) is 16.5 Å². The molecule has 0 aliphatic heterocycles. The summed E-state index contributed by atoms with van der Waals surface area (Å²) in [4.78, 5) is 3.32. The highest BCUT2D eigenvalue weighted by molar-refractivity contribution is 14.1. The minimum absolute atomic E-state index is 0.442. The molecule has 0 saturated heterocycles. The van der Waals surface area contributed by atoms with Gasteiger partial charge in [-0.2, -0.15) is 5.10 Å². The lowest BCUT2D eigenvalue weighted by atomic mass is 10.4. The molecule has 1 heterocycles. The van der Waals surface area contributed by atoms with E-state index >= 15 is 0 Å². The maximum Gasteiger partial charge on any atom is 0.143 e. The van der Waals surface area contributed by atoms with Gasteiger partial charge < -0.3 is 0 Å². The molecule has 0 spiro atoms. The Morgan fingerprint density at radius 2 is 2.50 bits per heavy atom. The van der Waals surface area contributed by atoms with Crippen LogP contribution in [0.2, 0.25) is 0 Å². The number of halogens is 2. The lowest BCUT2D eigenvalue weighted by Crippen LogP contribution is -1.94. The summed E-state index contributed by atoms with van der Waals surface area (Å²) in [5.41, 5.74) is 0.685. The third-order valence-corrected chi connectivity index (χ3v) is 2.05. The Morgan fingerprint density at radius 1 is 1.79 bits per heavy atom. The molecule has 0 aromatic carbocycles. The Hall–Kier alpha value is -0.980. The first-order valence-corrected chi connectivity index (χ1v) is 4.92. The number of hydrogen-bond acceptors (Lipinski definition) is 2. The van der Waals surface area contributed by atoms with E-state index in [2.05, 4.69) is 39.4 Å². The Bertz CT molecular complexity index is 393. The molecular formula is C9H9FIN3. The maximum atomic E-state index is 13.0. The minimum Gasteiger partial charge on any atom is -0.269 e. The molecule has 5 heteroatoms. The summed E-state index contributed by atoms with van der Waals surface area (Å²) in [6.45, 7) is 4.93. The molecular weight excluding hydrogens is 296 g/mol. The highest BCUT2D eigenvalue weighted by Crippen LogP contribution is 2.10. The van der Waals surface area contributed by atoms with Gasteiger partial charge in [0.2, 0.25) is 0 Å². The molecule has 0 N–H and O–H groups in total. The lowest BCUT2D eigenvalue weighted by molar-refractivity contribution is 0.662. The molecule has 1 rings (SSSR count). The Morgan fingerprint density at radius 3 is 3.00 bits per heavy atom. The highest BCUT2D eigenvalue weighted by atomic mass is 127. The van der Waals surface area contributed by atoms with Crippen LogP contribution in [0.5, 0.6) is 0 Å². The van der Waals surface area contributed by atoms with Gasteiger partial charge in [0.25, 0.3) is 0 Å². The minimum atomic E-state index is -0.442. The molecule has 0 amide bonds. The van der Waals surface area contributed by atoms with Gasteiger partial charge in [0.1, 0.15) is 9.53 Å². The molecule has 1 aromatic rings. The summed E-state index contributed by atoms with van der Waals surface area (Å²) in [5, 5.41) is 4.12. The van der Waals surface area contributed by atoms with E-state index in [1.165, 1.54) is 6.08 Å². The van der Waals surface area contributed by atoms with Crippen LogP contribution in [0.1, 0.15) is 6.92 Å². The number of hydrogen-bond donors (Lipinski definition) is 0. The van der Waals surface area contributed by atoms with Crippen molar-refractivity contribution in [1.29, 1.82) is 0 Å². The van der Waals surface area contributed by atoms with Gasteiger partial charge in [0.15, 0.2) is 0 Å². The monoisotopic (exact) mass is 305 g/mol.